The molecule has 0 fully saturated rings. The van der Waals surface area contributed by atoms with Crippen LogP contribution in [0.25, 0.3) is 12.3 Å². The van der Waals surface area contributed by atoms with Crippen LogP contribution in [0, 0.1) is 10.1 Å². The normalized spacial score (nSPS) is 10.1. The number of furan rings is 1. The molecule has 0 aromatic carbocycles. The molecule has 0 saturated heterocycles. The van der Waals surface area contributed by atoms with Gasteiger partial charge >= 0.3 is 5.88 Å². The fourth-order valence-electron chi connectivity index (χ4n) is 1.20. The van der Waals surface area contributed by atoms with Gasteiger partial charge in [-0.1, -0.05) is 6.07 Å². The number of nitro groups is 1. The molecule has 0 saturated carbocycles. The Balaban J connectivity index is 0.00000144. The van der Waals surface area contributed by atoms with Crippen molar-refractivity contribution in [2.45, 2.75) is 0 Å². The lowest BCUT2D eigenvalue weighted by molar-refractivity contribution is -0.567. The number of aromatic nitrogens is 1. The van der Waals surface area contributed by atoms with Gasteiger partial charge in [-0.05, 0) is 6.07 Å². The molecule has 0 aliphatic rings. The zero-order valence-corrected chi connectivity index (χ0v) is 10.3. The van der Waals surface area contributed by atoms with Crippen LogP contribution in [0.1, 0.15) is 5.76 Å². The van der Waals surface area contributed by atoms with Crippen LogP contribution in [0.2, 0.25) is 0 Å². The van der Waals surface area contributed by atoms with Gasteiger partial charge in [-0.25, -0.2) is 0 Å². The van der Waals surface area contributed by atoms with Gasteiger partial charge in [-0.15, -0.1) is 0 Å². The number of pyridine rings is 1. The summed E-state index contributed by atoms with van der Waals surface area (Å²) < 4.78 is 6.78. The Kier molecular flexibility index (Phi) is 4.59. The second kappa shape index (κ2) is 5.95. The Morgan fingerprint density at radius 1 is 1.24 bits per heavy atom. The molecule has 5 nitrogen and oxygen atoms in total. The third kappa shape index (κ3) is 3.53. The van der Waals surface area contributed by atoms with Gasteiger partial charge in [-0.3, -0.25) is 10.1 Å². The number of rotatable bonds is 3. The average molecular weight is 297 g/mol. The Bertz CT molecular complexity index is 523. The molecule has 17 heavy (non-hydrogen) atoms. The second-order valence-electron chi connectivity index (χ2n) is 3.07. The van der Waals surface area contributed by atoms with Crippen LogP contribution >= 0.6 is 0 Å². The lowest BCUT2D eigenvalue weighted by atomic mass is 10.4. The molecule has 88 valence electrons. The molecular weight excluding hydrogens is 288 g/mol. The number of hydrogen-bond acceptors (Lipinski definition) is 3. The topological polar surface area (TPSA) is 60.2 Å². The molecule has 2 aromatic heterocycles. The van der Waals surface area contributed by atoms with Crippen molar-refractivity contribution in [2.75, 3.05) is 0 Å². The predicted molar refractivity (Wildman–Crippen MR) is 57.2 cm³/mol. The first-order valence-electron chi connectivity index (χ1n) is 4.64. The van der Waals surface area contributed by atoms with Crippen LogP contribution in [0.4, 0.5) is 5.88 Å². The van der Waals surface area contributed by atoms with Crippen LogP contribution in [0.5, 0.6) is 0 Å². The first kappa shape index (κ1) is 13.1. The molecule has 0 N–H and O–H groups in total. The maximum Gasteiger partial charge on any atom is 0.433 e. The minimum atomic E-state index is -0.562. The van der Waals surface area contributed by atoms with Crippen LogP contribution < -0.4 is 21.5 Å². The first-order valence-corrected chi connectivity index (χ1v) is 4.64. The average Bonchev–Trinajstić information content (AvgIpc) is 2.76. The zero-order chi connectivity index (χ0) is 11.4. The van der Waals surface area contributed by atoms with E-state index in [1.807, 2.05) is 35.2 Å². The first-order chi connectivity index (χ1) is 7.75. The molecule has 6 heteroatoms. The lowest BCUT2D eigenvalue weighted by Crippen LogP contribution is -3.00. The standard InChI is InChI=1S/C11H9N2O3.BrH/c14-13(15)11-5-4-10(16-11)6-9-12-7-2-1-3-8-12;/h1-9H;1H/q+1;/p-1. The van der Waals surface area contributed by atoms with Gasteiger partial charge in [0.25, 0.3) is 0 Å². The van der Waals surface area contributed by atoms with Gasteiger partial charge in [0.05, 0.1) is 6.07 Å². The van der Waals surface area contributed by atoms with Gasteiger partial charge in [0.2, 0.25) is 0 Å². The van der Waals surface area contributed by atoms with E-state index < -0.39 is 4.92 Å². The molecule has 2 heterocycles. The van der Waals surface area contributed by atoms with Crippen LogP contribution in [-0.4, -0.2) is 4.92 Å². The highest BCUT2D eigenvalue weighted by atomic mass is 79.9. The van der Waals surface area contributed by atoms with Gasteiger partial charge in [0, 0.05) is 18.2 Å². The molecule has 0 aliphatic carbocycles. The van der Waals surface area contributed by atoms with E-state index in [-0.39, 0.29) is 22.9 Å². The summed E-state index contributed by atoms with van der Waals surface area (Å²) in [5.41, 5.74) is 0. The molecule has 2 aromatic rings. The lowest BCUT2D eigenvalue weighted by Gasteiger charge is -1.84. The van der Waals surface area contributed by atoms with Gasteiger partial charge in [0.15, 0.2) is 18.6 Å². The minimum absolute atomic E-state index is 0. The Morgan fingerprint density at radius 2 is 1.94 bits per heavy atom. The second-order valence-corrected chi connectivity index (χ2v) is 3.07. The Hall–Kier alpha value is -1.95. The molecule has 0 atom stereocenters. The van der Waals surface area contributed by atoms with Crippen molar-refractivity contribution < 1.29 is 30.9 Å². The summed E-state index contributed by atoms with van der Waals surface area (Å²) in [6.07, 6.45) is 7.12. The van der Waals surface area contributed by atoms with Gasteiger partial charge in [-0.2, -0.15) is 4.57 Å². The minimum Gasteiger partial charge on any atom is -1.00 e. The van der Waals surface area contributed by atoms with Crippen molar-refractivity contribution in [3.8, 4) is 0 Å². The van der Waals surface area contributed by atoms with E-state index in [1.165, 1.54) is 6.07 Å². The van der Waals surface area contributed by atoms with Crippen molar-refractivity contribution in [1.82, 2.24) is 0 Å². The van der Waals surface area contributed by atoms with E-state index in [4.69, 9.17) is 4.42 Å². The van der Waals surface area contributed by atoms with E-state index in [0.717, 1.165) is 0 Å². The SMILES string of the molecule is O=[N+]([O-])c1ccc(C=C[n+]2ccccc2)o1.[Br-]. The maximum absolute atomic E-state index is 10.4. The van der Waals surface area contributed by atoms with Gasteiger partial charge in [0.1, 0.15) is 10.7 Å². The van der Waals surface area contributed by atoms with Crippen molar-refractivity contribution >= 4 is 18.2 Å². The molecule has 0 bridgehead atoms. The third-order valence-electron chi connectivity index (χ3n) is 1.94. The van der Waals surface area contributed by atoms with E-state index in [2.05, 4.69) is 0 Å². The smallest absolute Gasteiger partial charge is 0.433 e. The molecule has 0 unspecified atom stereocenters. The summed E-state index contributed by atoms with van der Waals surface area (Å²) in [4.78, 5) is 9.81. The van der Waals surface area contributed by atoms with Crippen molar-refractivity contribution in [1.29, 1.82) is 0 Å². The molecule has 2 rings (SSSR count). The highest BCUT2D eigenvalue weighted by molar-refractivity contribution is 5.52. The molecular formula is C11H9BrN2O3. The largest absolute Gasteiger partial charge is 1.00 e. The quantitative estimate of drug-likeness (QED) is 0.419. The monoisotopic (exact) mass is 296 g/mol. The summed E-state index contributed by atoms with van der Waals surface area (Å²) in [7, 11) is 0. The highest BCUT2D eigenvalue weighted by Gasteiger charge is 2.10. The Morgan fingerprint density at radius 3 is 2.53 bits per heavy atom. The van der Waals surface area contributed by atoms with Crippen molar-refractivity contribution in [2.24, 2.45) is 0 Å². The number of hydrogen-bond donors (Lipinski definition) is 0. The summed E-state index contributed by atoms with van der Waals surface area (Å²) >= 11 is 0. The summed E-state index contributed by atoms with van der Waals surface area (Å²) in [5.74, 6) is 0.195. The van der Waals surface area contributed by atoms with Crippen LogP contribution in [0.3, 0.4) is 0 Å². The summed E-state index contributed by atoms with van der Waals surface area (Å²) in [6, 6.07) is 8.55. The molecule has 0 aliphatic heterocycles. The highest BCUT2D eigenvalue weighted by Crippen LogP contribution is 2.16. The Labute approximate surface area is 108 Å². The van der Waals surface area contributed by atoms with E-state index in [1.54, 1.807) is 18.3 Å². The fraction of sp³-hybridized carbons (Fsp3) is 0. The number of nitrogens with zero attached hydrogens (tertiary/aromatic N) is 2. The van der Waals surface area contributed by atoms with Crippen molar-refractivity contribution in [3.05, 3.63) is 58.6 Å². The fourth-order valence-corrected chi connectivity index (χ4v) is 1.20. The van der Waals surface area contributed by atoms with Gasteiger partial charge < -0.3 is 21.4 Å². The van der Waals surface area contributed by atoms with E-state index in [9.17, 15) is 10.1 Å². The predicted octanol–water partition coefficient (Wildman–Crippen LogP) is -0.893. The van der Waals surface area contributed by atoms with Crippen molar-refractivity contribution in [3.63, 3.8) is 0 Å². The maximum atomic E-state index is 10.4. The van der Waals surface area contributed by atoms with E-state index >= 15 is 0 Å². The van der Waals surface area contributed by atoms with Crippen LogP contribution in [-0.2, 0) is 0 Å². The summed E-state index contributed by atoms with van der Waals surface area (Å²) in [6.45, 7) is 0. The van der Waals surface area contributed by atoms with E-state index in [0.29, 0.717) is 5.76 Å². The zero-order valence-electron chi connectivity index (χ0n) is 8.69. The summed E-state index contributed by atoms with van der Waals surface area (Å²) in [5, 5.41) is 10.4. The number of halogens is 1. The van der Waals surface area contributed by atoms with Crippen LogP contribution in [0.15, 0.2) is 47.1 Å². The third-order valence-corrected chi connectivity index (χ3v) is 1.94. The molecule has 0 spiro atoms. The molecule has 0 radical (unpaired) electrons. The molecule has 0 amide bonds.